The van der Waals surface area contributed by atoms with Crippen LogP contribution in [-0.2, 0) is 0 Å². The fraction of sp³-hybridized carbons (Fsp3) is 0.130. The molecule has 0 radical (unpaired) electrons. The summed E-state index contributed by atoms with van der Waals surface area (Å²) in [7, 11) is 0. The molecule has 0 saturated heterocycles. The number of fused-ring (bicyclic) bond motifs is 6. The third kappa shape index (κ3) is 3.60. The van der Waals surface area contributed by atoms with Crippen molar-refractivity contribution in [1.29, 1.82) is 0 Å². The summed E-state index contributed by atoms with van der Waals surface area (Å²) in [5.74, 6) is 0. The van der Waals surface area contributed by atoms with E-state index in [0.717, 1.165) is 18.3 Å². The summed E-state index contributed by atoms with van der Waals surface area (Å²) in [5.41, 5.74) is -4.56. The molecule has 16 nitrogen and oxygen atoms in total. The van der Waals surface area contributed by atoms with Crippen molar-refractivity contribution in [2.75, 3.05) is 0 Å². The smallest absolute Gasteiger partial charge is 0.272 e. The zero-order valence-electron chi connectivity index (χ0n) is 33.1. The van der Waals surface area contributed by atoms with Gasteiger partial charge in [-0.3, -0.25) is 28.3 Å². The maximum absolute atomic E-state index is 14.9. The highest BCUT2D eigenvalue weighted by Crippen LogP contribution is 2.50. The quantitative estimate of drug-likeness (QED) is 0.189. The van der Waals surface area contributed by atoms with Crippen molar-refractivity contribution in [1.82, 2.24) is 36.3 Å². The predicted molar refractivity (Wildman–Crippen MR) is 237 cm³/mol. The van der Waals surface area contributed by atoms with Crippen LogP contribution in [0.1, 0.15) is 39.8 Å². The molecule has 13 aromatic rings. The summed E-state index contributed by atoms with van der Waals surface area (Å²) in [6.45, 7) is 6.78. The maximum Gasteiger partial charge on any atom is 0.356 e. The van der Waals surface area contributed by atoms with Gasteiger partial charge < -0.3 is 0 Å². The van der Waals surface area contributed by atoms with Gasteiger partial charge in [-0.1, -0.05) is 36.4 Å². The molecule has 0 fully saturated rings. The average molecular weight is 821 g/mol. The molecule has 7 aromatic carbocycles. The van der Waals surface area contributed by atoms with Crippen LogP contribution in [0.5, 0.6) is 0 Å². The molecular weight excluding hydrogens is 793 g/mol. The van der Waals surface area contributed by atoms with Crippen LogP contribution in [0.2, 0.25) is 0 Å². The van der Waals surface area contributed by atoms with Crippen LogP contribution in [0.3, 0.4) is 0 Å². The van der Waals surface area contributed by atoms with Crippen LogP contribution >= 0.6 is 0 Å². The third-order valence-corrected chi connectivity index (χ3v) is 12.9. The summed E-state index contributed by atoms with van der Waals surface area (Å²) in [4.78, 5) is 118. The van der Waals surface area contributed by atoms with Crippen LogP contribution in [-0.4, -0.2) is 36.3 Å². The van der Waals surface area contributed by atoms with E-state index in [1.165, 1.54) is 42.3 Å². The first kappa shape index (κ1) is 34.5. The Morgan fingerprint density at radius 3 is 0.839 bits per heavy atom. The Kier molecular flexibility index (Phi) is 6.03. The first-order valence-electron chi connectivity index (χ1n) is 20.0. The molecule has 0 aliphatic carbocycles. The molecule has 6 heterocycles. The van der Waals surface area contributed by atoms with E-state index in [4.69, 9.17) is 0 Å². The molecule has 0 saturated carbocycles. The lowest BCUT2D eigenvalue weighted by atomic mass is 9.83. The van der Waals surface area contributed by atoms with Crippen molar-refractivity contribution in [2.45, 2.75) is 39.8 Å². The van der Waals surface area contributed by atoms with Crippen molar-refractivity contribution in [3.05, 3.63) is 168 Å². The molecular formula is C46H28N8O8. The molecule has 0 spiro atoms. The molecule has 0 N–H and O–H groups in total. The lowest BCUT2D eigenvalue weighted by Gasteiger charge is -2.25. The van der Waals surface area contributed by atoms with Gasteiger partial charge in [-0.15, -0.1) is 0 Å². The van der Waals surface area contributed by atoms with Crippen LogP contribution in [0, 0.1) is 0 Å². The van der Waals surface area contributed by atoms with Crippen LogP contribution in [0.25, 0.3) is 98.1 Å². The summed E-state index contributed by atoms with van der Waals surface area (Å²) < 4.78 is 8.92. The Morgan fingerprint density at radius 2 is 0.597 bits per heavy atom. The van der Waals surface area contributed by atoms with Crippen LogP contribution < -0.4 is 45.0 Å². The molecule has 0 amide bonds. The van der Waals surface area contributed by atoms with Gasteiger partial charge in [0.2, 0.25) is 0 Å². The van der Waals surface area contributed by atoms with Crippen molar-refractivity contribution in [2.24, 2.45) is 0 Å². The first-order chi connectivity index (χ1) is 29.8. The SMILES string of the molecule is CC(C)n1c(=O)c2cc3c4c5c2c(cc2c5c5c6c7c(cc(c64)n4c(=O)n(-c6ccccc6)c(=O)n34)c(=O)n(C(C)C)c(=O)c7cc5n3c(=O)n(-c4ccccc4)c(=O)n23)c1=O. The second-order valence-corrected chi connectivity index (χ2v) is 16.6. The Bertz CT molecular complexity index is 4140. The minimum Gasteiger partial charge on any atom is -0.272 e. The van der Waals surface area contributed by atoms with E-state index in [1.807, 2.05) is 0 Å². The molecule has 62 heavy (non-hydrogen) atoms. The van der Waals surface area contributed by atoms with E-state index in [1.54, 1.807) is 88.4 Å². The average Bonchev–Trinajstić information content (AvgIpc) is 3.68. The molecule has 6 aromatic heterocycles. The van der Waals surface area contributed by atoms with Gasteiger partial charge in [-0.05, 0) is 76.2 Å². The molecule has 0 unspecified atom stereocenters. The molecule has 13 rings (SSSR count). The van der Waals surface area contributed by atoms with Crippen LogP contribution in [0.15, 0.2) is 123 Å². The number of hydrogen-bond donors (Lipinski definition) is 0. The summed E-state index contributed by atoms with van der Waals surface area (Å²) in [6, 6.07) is 21.5. The first-order valence-corrected chi connectivity index (χ1v) is 20.0. The summed E-state index contributed by atoms with van der Waals surface area (Å²) >= 11 is 0. The second kappa shape index (κ2) is 10.9. The fourth-order valence-electron chi connectivity index (χ4n) is 10.5. The highest BCUT2D eigenvalue weighted by atomic mass is 16.2. The van der Waals surface area contributed by atoms with Gasteiger partial charge in [0, 0.05) is 55.2 Å². The number of rotatable bonds is 4. The topological polar surface area (TPSA) is 174 Å². The lowest BCUT2D eigenvalue weighted by molar-refractivity contribution is 0.568. The van der Waals surface area contributed by atoms with Gasteiger partial charge >= 0.3 is 22.8 Å². The number of nitrogens with zero attached hydrogens (tertiary/aromatic N) is 8. The molecule has 0 atom stereocenters. The minimum absolute atomic E-state index is 0.0809. The predicted octanol–water partition coefficient (Wildman–Crippen LogP) is 4.03. The van der Waals surface area contributed by atoms with E-state index < -0.39 is 57.1 Å². The number of benzene rings is 7. The third-order valence-electron chi connectivity index (χ3n) is 12.9. The Hall–Kier alpha value is -8.40. The zero-order valence-corrected chi connectivity index (χ0v) is 33.1. The number of pyridine rings is 2. The molecule has 16 heteroatoms. The fourth-order valence-corrected chi connectivity index (χ4v) is 10.5. The van der Waals surface area contributed by atoms with Gasteiger partial charge in [0.15, 0.2) is 0 Å². The Morgan fingerprint density at radius 1 is 0.339 bits per heavy atom. The summed E-state index contributed by atoms with van der Waals surface area (Å²) in [6.07, 6.45) is 0. The van der Waals surface area contributed by atoms with Crippen molar-refractivity contribution in [3.63, 3.8) is 0 Å². The van der Waals surface area contributed by atoms with Gasteiger partial charge in [0.1, 0.15) is 0 Å². The van der Waals surface area contributed by atoms with E-state index >= 15 is 0 Å². The largest absolute Gasteiger partial charge is 0.356 e. The maximum atomic E-state index is 14.9. The number of aromatic nitrogens is 8. The molecule has 0 aliphatic heterocycles. The van der Waals surface area contributed by atoms with Gasteiger partial charge in [-0.2, -0.15) is 18.1 Å². The van der Waals surface area contributed by atoms with Crippen LogP contribution in [0.4, 0.5) is 0 Å². The molecule has 0 aliphatic rings. The minimum atomic E-state index is -0.774. The number of para-hydroxylation sites is 2. The normalized spacial score (nSPS) is 13.0. The van der Waals surface area contributed by atoms with Gasteiger partial charge in [-0.25, -0.2) is 28.3 Å². The highest BCUT2D eigenvalue weighted by molar-refractivity contribution is 6.48. The van der Waals surface area contributed by atoms with Crippen molar-refractivity contribution < 1.29 is 0 Å². The Labute approximate surface area is 341 Å². The zero-order chi connectivity index (χ0) is 42.7. The standard InChI is InChI=1S/C46H28N8O8/c1-19(2)47-39(55)23-15-27-33-35-29(53-45(61)49(43(59)51(27)53)21-11-7-5-8-12-21)17-25-32-26(42(58)48(20(3)4)41(25)57)18-30-36(38(32)35)34-28(16-24(40(47)56)31(23)37(33)34)52-44(60)50(46(62)54(30)52)22-13-9-6-10-14-22/h5-20H,1-4H3. The lowest BCUT2D eigenvalue weighted by Crippen LogP contribution is -2.35. The summed E-state index contributed by atoms with van der Waals surface area (Å²) in [5, 5.41) is 2.92. The second-order valence-electron chi connectivity index (χ2n) is 16.6. The van der Waals surface area contributed by atoms with E-state index in [-0.39, 0.29) is 65.8 Å². The highest BCUT2D eigenvalue weighted by Gasteiger charge is 2.34. The van der Waals surface area contributed by atoms with E-state index in [9.17, 15) is 38.4 Å². The molecule has 0 bridgehead atoms. The van der Waals surface area contributed by atoms with Crippen molar-refractivity contribution >= 4 is 86.7 Å². The van der Waals surface area contributed by atoms with E-state index in [2.05, 4.69) is 0 Å². The van der Waals surface area contributed by atoms with E-state index in [0.29, 0.717) is 32.3 Å². The van der Waals surface area contributed by atoms with Gasteiger partial charge in [0.25, 0.3) is 22.2 Å². The molecule has 300 valence electrons. The van der Waals surface area contributed by atoms with Gasteiger partial charge in [0.05, 0.1) is 55.0 Å². The number of hydrogen-bond acceptors (Lipinski definition) is 8. The Balaban J connectivity index is 1.48. The van der Waals surface area contributed by atoms with Crippen molar-refractivity contribution in [3.8, 4) is 11.4 Å². The monoisotopic (exact) mass is 820 g/mol.